The first-order valence-electron chi connectivity index (χ1n) is 8.03. The maximum atomic E-state index is 12.4. The molecule has 8 nitrogen and oxygen atoms in total. The third-order valence-electron chi connectivity index (χ3n) is 4.14. The number of carbonyl (C=O) groups excluding carboxylic acids is 1. The molecule has 1 aliphatic rings. The molecule has 0 bridgehead atoms. The van der Waals surface area contributed by atoms with E-state index in [1.54, 1.807) is 18.9 Å². The molecule has 2 aromatic heterocycles. The summed E-state index contributed by atoms with van der Waals surface area (Å²) in [5.41, 5.74) is 0. The van der Waals surface area contributed by atoms with Gasteiger partial charge in [0.25, 0.3) is 0 Å². The molecule has 8 heteroatoms. The first-order chi connectivity index (χ1) is 11.1. The molecule has 1 aliphatic heterocycles. The second kappa shape index (κ2) is 6.91. The summed E-state index contributed by atoms with van der Waals surface area (Å²) in [7, 11) is 0. The average molecular weight is 317 g/mol. The normalized spacial score (nSPS) is 18.7. The number of hydrogen-bond acceptors (Lipinski definition) is 5. The number of rotatable bonds is 6. The Kier molecular flexibility index (Phi) is 4.71. The van der Waals surface area contributed by atoms with Crippen LogP contribution in [0.15, 0.2) is 24.9 Å². The molecule has 3 heterocycles. The van der Waals surface area contributed by atoms with Gasteiger partial charge in [-0.3, -0.25) is 14.4 Å². The van der Waals surface area contributed by atoms with Gasteiger partial charge in [0.2, 0.25) is 5.91 Å². The second-order valence-corrected chi connectivity index (χ2v) is 6.19. The standard InChI is InChI=1S/C15H23N7O/c1-12(2)22-14(5-6-17-22)19-15(23)9-20-7-3-4-13(20)8-21-11-16-10-18-21/h5-6,10-13H,3-4,7-9H2,1-2H3,(H,19,23)/t13-/m0/s1. The fourth-order valence-electron chi connectivity index (χ4n) is 3.04. The minimum atomic E-state index is -0.00195. The van der Waals surface area contributed by atoms with Crippen LogP contribution in [-0.2, 0) is 11.3 Å². The second-order valence-electron chi connectivity index (χ2n) is 6.19. The molecule has 0 unspecified atom stereocenters. The molecule has 1 fully saturated rings. The summed E-state index contributed by atoms with van der Waals surface area (Å²) in [4.78, 5) is 18.5. The quantitative estimate of drug-likeness (QED) is 0.864. The number of hydrogen-bond donors (Lipinski definition) is 1. The van der Waals surface area contributed by atoms with Gasteiger partial charge in [-0.1, -0.05) is 0 Å². The average Bonchev–Trinajstić information content (AvgIpc) is 3.22. The number of aromatic nitrogens is 5. The smallest absolute Gasteiger partial charge is 0.239 e. The van der Waals surface area contributed by atoms with Crippen LogP contribution in [0.5, 0.6) is 0 Å². The van der Waals surface area contributed by atoms with Gasteiger partial charge in [0.05, 0.1) is 19.3 Å². The van der Waals surface area contributed by atoms with Gasteiger partial charge < -0.3 is 5.32 Å². The van der Waals surface area contributed by atoms with Crippen LogP contribution in [0.3, 0.4) is 0 Å². The van der Waals surface area contributed by atoms with E-state index in [4.69, 9.17) is 0 Å². The van der Waals surface area contributed by atoms with Crippen molar-refractivity contribution in [2.75, 3.05) is 18.4 Å². The Hall–Kier alpha value is -2.22. The van der Waals surface area contributed by atoms with Crippen molar-refractivity contribution in [1.29, 1.82) is 0 Å². The van der Waals surface area contributed by atoms with Crippen molar-refractivity contribution in [2.24, 2.45) is 0 Å². The molecular formula is C15H23N7O. The van der Waals surface area contributed by atoms with Gasteiger partial charge in [-0.15, -0.1) is 0 Å². The summed E-state index contributed by atoms with van der Waals surface area (Å²) in [6, 6.07) is 2.37. The van der Waals surface area contributed by atoms with Crippen LogP contribution in [-0.4, -0.2) is 54.5 Å². The lowest BCUT2D eigenvalue weighted by Gasteiger charge is -2.23. The van der Waals surface area contributed by atoms with Crippen molar-refractivity contribution in [1.82, 2.24) is 29.4 Å². The Morgan fingerprint density at radius 3 is 3.04 bits per heavy atom. The predicted molar refractivity (Wildman–Crippen MR) is 85.9 cm³/mol. The molecule has 0 saturated carbocycles. The number of carbonyl (C=O) groups is 1. The molecule has 1 saturated heterocycles. The first-order valence-corrected chi connectivity index (χ1v) is 8.03. The third-order valence-corrected chi connectivity index (χ3v) is 4.14. The van der Waals surface area contributed by atoms with Crippen molar-refractivity contribution in [3.05, 3.63) is 24.9 Å². The molecule has 124 valence electrons. The van der Waals surface area contributed by atoms with Gasteiger partial charge in [-0.25, -0.2) is 9.67 Å². The molecule has 0 radical (unpaired) electrons. The molecule has 2 aromatic rings. The summed E-state index contributed by atoms with van der Waals surface area (Å²) in [6.45, 7) is 6.19. The Morgan fingerprint density at radius 1 is 1.43 bits per heavy atom. The summed E-state index contributed by atoms with van der Waals surface area (Å²) >= 11 is 0. The van der Waals surface area contributed by atoms with E-state index in [9.17, 15) is 4.79 Å². The van der Waals surface area contributed by atoms with Crippen LogP contribution >= 0.6 is 0 Å². The van der Waals surface area contributed by atoms with E-state index in [-0.39, 0.29) is 11.9 Å². The molecule has 1 amide bonds. The fraction of sp³-hybridized carbons (Fsp3) is 0.600. The highest BCUT2D eigenvalue weighted by Crippen LogP contribution is 2.19. The SMILES string of the molecule is CC(C)n1nccc1NC(=O)CN1CCC[C@H]1Cn1cncn1. The number of likely N-dealkylation sites (tertiary alicyclic amines) is 1. The largest absolute Gasteiger partial charge is 0.310 e. The van der Waals surface area contributed by atoms with Gasteiger partial charge in [0, 0.05) is 18.2 Å². The zero-order valence-corrected chi connectivity index (χ0v) is 13.6. The van der Waals surface area contributed by atoms with E-state index in [1.807, 2.05) is 29.3 Å². The summed E-state index contributed by atoms with van der Waals surface area (Å²) in [5, 5.41) is 11.4. The highest BCUT2D eigenvalue weighted by Gasteiger charge is 2.27. The molecule has 3 rings (SSSR count). The topological polar surface area (TPSA) is 80.9 Å². The molecule has 0 aliphatic carbocycles. The van der Waals surface area contributed by atoms with Gasteiger partial charge in [-0.05, 0) is 33.2 Å². The number of nitrogens with one attached hydrogen (secondary N) is 1. The van der Waals surface area contributed by atoms with Crippen molar-refractivity contribution in [2.45, 2.75) is 45.3 Å². The molecule has 23 heavy (non-hydrogen) atoms. The summed E-state index contributed by atoms with van der Waals surface area (Å²) < 4.78 is 3.64. The van der Waals surface area contributed by atoms with E-state index in [0.29, 0.717) is 12.6 Å². The molecule has 0 aromatic carbocycles. The predicted octanol–water partition coefficient (Wildman–Crippen LogP) is 1.16. The maximum Gasteiger partial charge on any atom is 0.239 e. The van der Waals surface area contributed by atoms with E-state index >= 15 is 0 Å². The number of nitrogens with zero attached hydrogens (tertiary/aromatic N) is 6. The highest BCUT2D eigenvalue weighted by atomic mass is 16.2. The fourth-order valence-corrected chi connectivity index (χ4v) is 3.04. The van der Waals surface area contributed by atoms with Crippen LogP contribution in [0, 0.1) is 0 Å². The lowest BCUT2D eigenvalue weighted by molar-refractivity contribution is -0.117. The molecule has 1 N–H and O–H groups in total. The van der Waals surface area contributed by atoms with Crippen molar-refractivity contribution in [3.63, 3.8) is 0 Å². The van der Waals surface area contributed by atoms with E-state index in [0.717, 1.165) is 31.7 Å². The zero-order valence-electron chi connectivity index (χ0n) is 13.6. The van der Waals surface area contributed by atoms with Crippen LogP contribution < -0.4 is 5.32 Å². The van der Waals surface area contributed by atoms with Gasteiger partial charge in [0.1, 0.15) is 18.5 Å². The molecular weight excluding hydrogens is 294 g/mol. The minimum absolute atomic E-state index is 0.00195. The van der Waals surface area contributed by atoms with Crippen molar-refractivity contribution in [3.8, 4) is 0 Å². The Balaban J connectivity index is 1.57. The molecule has 0 spiro atoms. The summed E-state index contributed by atoms with van der Waals surface area (Å²) in [6.07, 6.45) is 7.16. The Labute approximate surface area is 135 Å². The monoisotopic (exact) mass is 317 g/mol. The van der Waals surface area contributed by atoms with E-state index < -0.39 is 0 Å². The van der Waals surface area contributed by atoms with Crippen LogP contribution in [0.2, 0.25) is 0 Å². The lowest BCUT2D eigenvalue weighted by Crippen LogP contribution is -2.39. The van der Waals surface area contributed by atoms with Gasteiger partial charge in [-0.2, -0.15) is 10.2 Å². The summed E-state index contributed by atoms with van der Waals surface area (Å²) in [5.74, 6) is 0.745. The van der Waals surface area contributed by atoms with Crippen LogP contribution in [0.4, 0.5) is 5.82 Å². The Morgan fingerprint density at radius 2 is 2.30 bits per heavy atom. The third kappa shape index (κ3) is 3.76. The van der Waals surface area contributed by atoms with Gasteiger partial charge >= 0.3 is 0 Å². The first kappa shape index (κ1) is 15.7. The minimum Gasteiger partial charge on any atom is -0.310 e. The van der Waals surface area contributed by atoms with E-state index in [2.05, 4.69) is 25.4 Å². The number of amides is 1. The molecule has 1 atom stereocenters. The zero-order chi connectivity index (χ0) is 16.2. The van der Waals surface area contributed by atoms with Gasteiger partial charge in [0.15, 0.2) is 0 Å². The van der Waals surface area contributed by atoms with Crippen molar-refractivity contribution < 1.29 is 4.79 Å². The van der Waals surface area contributed by atoms with E-state index in [1.165, 1.54) is 0 Å². The lowest BCUT2D eigenvalue weighted by atomic mass is 10.2. The maximum absolute atomic E-state index is 12.4. The Bertz CT molecular complexity index is 634. The van der Waals surface area contributed by atoms with Crippen molar-refractivity contribution >= 4 is 11.7 Å². The highest BCUT2D eigenvalue weighted by molar-refractivity contribution is 5.91. The van der Waals surface area contributed by atoms with Crippen LogP contribution in [0.25, 0.3) is 0 Å². The van der Waals surface area contributed by atoms with Crippen LogP contribution in [0.1, 0.15) is 32.7 Å². The number of anilines is 1.